The molecule has 0 saturated carbocycles. The largest absolute Gasteiger partial charge is 0.375 e. The van der Waals surface area contributed by atoms with Crippen LogP contribution < -0.4 is 5.32 Å². The lowest BCUT2D eigenvalue weighted by molar-refractivity contribution is -0.384. The first-order chi connectivity index (χ1) is 14.3. The van der Waals surface area contributed by atoms with Gasteiger partial charge in [0.1, 0.15) is 11.1 Å². The van der Waals surface area contributed by atoms with E-state index in [-0.39, 0.29) is 16.3 Å². The molecule has 3 rings (SSSR count). The van der Waals surface area contributed by atoms with E-state index in [4.69, 9.17) is 0 Å². The number of nitro benzene ring substituents is 1. The number of rotatable bonds is 8. The molecule has 0 bridgehead atoms. The number of piperazine rings is 1. The molecule has 2 aromatic rings. The fraction of sp³-hybridized carbons (Fsp3) is 0.333. The third-order valence-corrected chi connectivity index (χ3v) is 7.27. The van der Waals surface area contributed by atoms with Crippen molar-refractivity contribution in [2.45, 2.75) is 16.8 Å². The minimum Gasteiger partial charge on any atom is -0.375 e. The molecule has 1 atom stereocenters. The molecule has 1 saturated heterocycles. The predicted molar refractivity (Wildman–Crippen MR) is 117 cm³/mol. The fourth-order valence-corrected chi connectivity index (χ4v) is 5.14. The van der Waals surface area contributed by atoms with Gasteiger partial charge in [-0.25, -0.2) is 8.42 Å². The van der Waals surface area contributed by atoms with Crippen LogP contribution in [-0.2, 0) is 16.4 Å². The van der Waals surface area contributed by atoms with Crippen LogP contribution in [0.25, 0.3) is 0 Å². The third kappa shape index (κ3) is 4.86. The zero-order chi connectivity index (χ0) is 21.7. The van der Waals surface area contributed by atoms with Gasteiger partial charge >= 0.3 is 0 Å². The Bertz CT molecular complexity index is 1000. The summed E-state index contributed by atoms with van der Waals surface area (Å²) in [6, 6.07) is 13.5. The second kappa shape index (κ2) is 9.38. The summed E-state index contributed by atoms with van der Waals surface area (Å²) < 4.78 is 26.5. The minimum absolute atomic E-state index is 0.0803. The summed E-state index contributed by atoms with van der Waals surface area (Å²) in [5.74, 6) is 0. The number of nitrogens with zero attached hydrogens (tertiary/aromatic N) is 3. The molecule has 0 aliphatic carbocycles. The van der Waals surface area contributed by atoms with Gasteiger partial charge in [-0.1, -0.05) is 36.4 Å². The van der Waals surface area contributed by atoms with Crippen LogP contribution >= 0.6 is 0 Å². The molecular weight excluding hydrogens is 404 g/mol. The summed E-state index contributed by atoms with van der Waals surface area (Å²) in [7, 11) is -1.87. The number of nitro groups is 1. The third-order valence-electron chi connectivity index (χ3n) is 5.24. The van der Waals surface area contributed by atoms with Gasteiger partial charge in [-0.3, -0.25) is 15.0 Å². The van der Waals surface area contributed by atoms with Crippen molar-refractivity contribution in [3.8, 4) is 0 Å². The normalized spacial score (nSPS) is 16.7. The maximum absolute atomic E-state index is 13.2. The van der Waals surface area contributed by atoms with Crippen LogP contribution in [0.2, 0.25) is 0 Å². The fourth-order valence-electron chi connectivity index (χ4n) is 3.47. The molecule has 0 amide bonds. The highest BCUT2D eigenvalue weighted by atomic mass is 32.2. The van der Waals surface area contributed by atoms with E-state index < -0.39 is 20.1 Å². The van der Waals surface area contributed by atoms with Crippen LogP contribution in [0.15, 0.2) is 66.1 Å². The summed E-state index contributed by atoms with van der Waals surface area (Å²) in [6.45, 7) is 6.78. The maximum atomic E-state index is 13.2. The van der Waals surface area contributed by atoms with Crippen LogP contribution in [0.4, 0.5) is 11.4 Å². The van der Waals surface area contributed by atoms with Gasteiger partial charge < -0.3 is 10.2 Å². The van der Waals surface area contributed by atoms with Gasteiger partial charge in [0.25, 0.3) is 5.69 Å². The van der Waals surface area contributed by atoms with Crippen LogP contribution in [0, 0.1) is 10.1 Å². The van der Waals surface area contributed by atoms with Crippen molar-refractivity contribution < 1.29 is 13.3 Å². The van der Waals surface area contributed by atoms with Crippen molar-refractivity contribution in [2.75, 3.05) is 38.5 Å². The van der Waals surface area contributed by atoms with Gasteiger partial charge in [0.2, 0.25) is 0 Å². The van der Waals surface area contributed by atoms with Gasteiger partial charge in [-0.2, -0.15) is 0 Å². The lowest BCUT2D eigenvalue weighted by atomic mass is 10.2. The van der Waals surface area contributed by atoms with Crippen molar-refractivity contribution in [3.63, 3.8) is 0 Å². The first-order valence-corrected chi connectivity index (χ1v) is 11.2. The Balaban J connectivity index is 1.86. The van der Waals surface area contributed by atoms with E-state index in [1.54, 1.807) is 0 Å². The zero-order valence-electron chi connectivity index (χ0n) is 16.9. The van der Waals surface area contributed by atoms with Crippen molar-refractivity contribution in [2.24, 2.45) is 0 Å². The molecule has 2 aromatic carbocycles. The molecule has 0 radical (unpaired) electrons. The second-order valence-electron chi connectivity index (χ2n) is 7.29. The monoisotopic (exact) mass is 430 g/mol. The molecule has 1 heterocycles. The molecule has 0 aromatic heterocycles. The highest BCUT2D eigenvalue weighted by molar-refractivity contribution is 7.92. The Hall–Kier alpha value is -2.75. The van der Waals surface area contributed by atoms with Gasteiger partial charge in [0.15, 0.2) is 9.84 Å². The SMILES string of the molecule is C=CC(N1CCN(C)CC1)S(=O)(=O)c1ccc(NCc2ccccc2)c([N+](=O)[O-])c1. The van der Waals surface area contributed by atoms with E-state index in [1.165, 1.54) is 18.2 Å². The topological polar surface area (TPSA) is 95.8 Å². The molecule has 8 nitrogen and oxygen atoms in total. The molecule has 30 heavy (non-hydrogen) atoms. The first kappa shape index (κ1) is 21.9. The summed E-state index contributed by atoms with van der Waals surface area (Å²) in [6.07, 6.45) is 1.40. The number of likely N-dealkylation sites (N-methyl/N-ethyl adjacent to an activating group) is 1. The number of sulfone groups is 1. The Morgan fingerprint density at radius 2 is 1.83 bits per heavy atom. The maximum Gasteiger partial charge on any atom is 0.293 e. The summed E-state index contributed by atoms with van der Waals surface area (Å²) in [5.41, 5.74) is 0.969. The van der Waals surface area contributed by atoms with Gasteiger partial charge in [0.05, 0.1) is 9.82 Å². The smallest absolute Gasteiger partial charge is 0.293 e. The van der Waals surface area contributed by atoms with E-state index in [1.807, 2.05) is 42.3 Å². The van der Waals surface area contributed by atoms with Crippen molar-refractivity contribution >= 4 is 21.2 Å². The first-order valence-electron chi connectivity index (χ1n) is 9.68. The van der Waals surface area contributed by atoms with E-state index in [0.29, 0.717) is 19.6 Å². The van der Waals surface area contributed by atoms with E-state index in [2.05, 4.69) is 16.8 Å². The van der Waals surface area contributed by atoms with Gasteiger partial charge in [-0.15, -0.1) is 6.58 Å². The van der Waals surface area contributed by atoms with Crippen LogP contribution in [0.5, 0.6) is 0 Å². The van der Waals surface area contributed by atoms with Crippen molar-refractivity contribution in [1.82, 2.24) is 9.80 Å². The lowest BCUT2D eigenvalue weighted by Gasteiger charge is -2.36. The van der Waals surface area contributed by atoms with Crippen molar-refractivity contribution in [3.05, 3.63) is 76.9 Å². The van der Waals surface area contributed by atoms with Crippen molar-refractivity contribution in [1.29, 1.82) is 0 Å². The number of hydrogen-bond acceptors (Lipinski definition) is 7. The van der Waals surface area contributed by atoms with Gasteiger partial charge in [0, 0.05) is 38.8 Å². The average molecular weight is 431 g/mol. The molecule has 0 spiro atoms. The second-order valence-corrected chi connectivity index (χ2v) is 9.33. The zero-order valence-corrected chi connectivity index (χ0v) is 17.7. The minimum atomic E-state index is -3.85. The molecule has 1 unspecified atom stereocenters. The summed E-state index contributed by atoms with van der Waals surface area (Å²) >= 11 is 0. The Morgan fingerprint density at radius 1 is 1.17 bits per heavy atom. The molecule has 160 valence electrons. The number of hydrogen-bond donors (Lipinski definition) is 1. The van der Waals surface area contributed by atoms with E-state index in [9.17, 15) is 18.5 Å². The van der Waals surface area contributed by atoms with Crippen LogP contribution in [0.1, 0.15) is 5.56 Å². The quantitative estimate of drug-likeness (QED) is 0.391. The average Bonchev–Trinajstić information content (AvgIpc) is 2.74. The molecule has 1 N–H and O–H groups in total. The van der Waals surface area contributed by atoms with E-state index in [0.717, 1.165) is 24.7 Å². The van der Waals surface area contributed by atoms with Crippen LogP contribution in [0.3, 0.4) is 0 Å². The number of nitrogens with one attached hydrogen (secondary N) is 1. The number of benzene rings is 2. The Labute approximate surface area is 176 Å². The highest BCUT2D eigenvalue weighted by Crippen LogP contribution is 2.30. The molecule has 9 heteroatoms. The Morgan fingerprint density at radius 3 is 2.43 bits per heavy atom. The summed E-state index contributed by atoms with van der Waals surface area (Å²) in [5, 5.41) is 13.7. The Kier molecular flexibility index (Phi) is 6.86. The van der Waals surface area contributed by atoms with Crippen LogP contribution in [-0.4, -0.2) is 61.7 Å². The molecule has 1 fully saturated rings. The highest BCUT2D eigenvalue weighted by Gasteiger charge is 2.33. The number of anilines is 1. The van der Waals surface area contributed by atoms with Gasteiger partial charge in [-0.05, 0) is 24.7 Å². The standard InChI is InChI=1S/C21H26N4O4S/c1-3-21(24-13-11-23(2)12-14-24)30(28,29)18-9-10-19(20(15-18)25(26)27)22-16-17-7-5-4-6-8-17/h3-10,15,21-22H,1,11-14,16H2,2H3. The molecule has 1 aliphatic heterocycles. The molecular formula is C21H26N4O4S. The summed E-state index contributed by atoms with van der Waals surface area (Å²) in [4.78, 5) is 14.9. The molecule has 1 aliphatic rings. The predicted octanol–water partition coefficient (Wildman–Crippen LogP) is 2.74. The lowest BCUT2D eigenvalue weighted by Crippen LogP contribution is -2.50. The van der Waals surface area contributed by atoms with E-state index >= 15 is 0 Å².